The molecule has 0 aromatic heterocycles. The highest BCUT2D eigenvalue weighted by molar-refractivity contribution is 6.31. The SMILES string of the molecule is CC(C)(C)c1ccc(NC(=O)CC(=O)Nc2ccc(F)c(Cl)c2)cc1. The Kier molecular flexibility index (Phi) is 5.80. The van der Waals surface area contributed by atoms with Crippen LogP contribution in [0.2, 0.25) is 5.02 Å². The summed E-state index contributed by atoms with van der Waals surface area (Å²) in [6, 6.07) is 11.3. The van der Waals surface area contributed by atoms with Gasteiger partial charge in [0.2, 0.25) is 11.8 Å². The van der Waals surface area contributed by atoms with Crippen LogP contribution in [0, 0.1) is 5.82 Å². The van der Waals surface area contributed by atoms with Crippen LogP contribution in [0.1, 0.15) is 32.8 Å². The van der Waals surface area contributed by atoms with E-state index in [1.807, 2.05) is 12.1 Å². The van der Waals surface area contributed by atoms with E-state index in [1.165, 1.54) is 12.1 Å². The van der Waals surface area contributed by atoms with E-state index in [0.717, 1.165) is 11.6 Å². The number of nitrogens with one attached hydrogen (secondary N) is 2. The fourth-order valence-electron chi connectivity index (χ4n) is 2.18. The van der Waals surface area contributed by atoms with E-state index in [2.05, 4.69) is 31.4 Å². The summed E-state index contributed by atoms with van der Waals surface area (Å²) < 4.78 is 13.1. The summed E-state index contributed by atoms with van der Waals surface area (Å²) in [5.74, 6) is -1.52. The number of rotatable bonds is 4. The minimum absolute atomic E-state index is 0.0266. The van der Waals surface area contributed by atoms with Crippen LogP contribution < -0.4 is 10.6 Å². The van der Waals surface area contributed by atoms with Crippen molar-refractivity contribution in [2.24, 2.45) is 0 Å². The summed E-state index contributed by atoms with van der Waals surface area (Å²) in [7, 11) is 0. The van der Waals surface area contributed by atoms with E-state index in [-0.39, 0.29) is 16.9 Å². The third-order valence-electron chi connectivity index (χ3n) is 3.56. The molecule has 0 fully saturated rings. The van der Waals surface area contributed by atoms with Crippen molar-refractivity contribution >= 4 is 34.8 Å². The third-order valence-corrected chi connectivity index (χ3v) is 3.85. The molecule has 0 aliphatic heterocycles. The highest BCUT2D eigenvalue weighted by Crippen LogP contribution is 2.23. The maximum Gasteiger partial charge on any atom is 0.233 e. The molecule has 2 rings (SSSR count). The Morgan fingerprint density at radius 1 is 0.960 bits per heavy atom. The second-order valence-electron chi connectivity index (χ2n) is 6.73. The first-order valence-corrected chi connectivity index (χ1v) is 8.18. The topological polar surface area (TPSA) is 58.2 Å². The van der Waals surface area contributed by atoms with Gasteiger partial charge < -0.3 is 10.6 Å². The van der Waals surface area contributed by atoms with Gasteiger partial charge in [-0.3, -0.25) is 9.59 Å². The summed E-state index contributed by atoms with van der Waals surface area (Å²) >= 11 is 5.65. The number of hydrogen-bond donors (Lipinski definition) is 2. The number of carbonyl (C=O) groups excluding carboxylic acids is 2. The number of anilines is 2. The molecule has 2 aromatic rings. The molecule has 0 bridgehead atoms. The van der Waals surface area contributed by atoms with Gasteiger partial charge in [-0.2, -0.15) is 0 Å². The molecule has 0 radical (unpaired) electrons. The zero-order valence-corrected chi connectivity index (χ0v) is 15.1. The molecular weight excluding hydrogens is 343 g/mol. The van der Waals surface area contributed by atoms with Gasteiger partial charge in [0.05, 0.1) is 5.02 Å². The average Bonchev–Trinajstić information content (AvgIpc) is 2.50. The highest BCUT2D eigenvalue weighted by Gasteiger charge is 2.14. The number of hydrogen-bond acceptors (Lipinski definition) is 2. The molecule has 4 nitrogen and oxygen atoms in total. The Hall–Kier alpha value is -2.40. The number of halogens is 2. The van der Waals surface area contributed by atoms with Crippen molar-refractivity contribution < 1.29 is 14.0 Å². The third kappa shape index (κ3) is 5.57. The summed E-state index contributed by atoms with van der Waals surface area (Å²) in [5, 5.41) is 5.08. The summed E-state index contributed by atoms with van der Waals surface area (Å²) in [6.07, 6.45) is -0.351. The lowest BCUT2D eigenvalue weighted by Gasteiger charge is -2.19. The quantitative estimate of drug-likeness (QED) is 0.771. The fraction of sp³-hybridized carbons (Fsp3) is 0.263. The van der Waals surface area contributed by atoms with E-state index >= 15 is 0 Å². The smallest absolute Gasteiger partial charge is 0.233 e. The van der Waals surface area contributed by atoms with Crippen molar-refractivity contribution in [3.05, 3.63) is 58.9 Å². The zero-order valence-electron chi connectivity index (χ0n) is 14.3. The van der Waals surface area contributed by atoms with Crippen LogP contribution in [0.15, 0.2) is 42.5 Å². The maximum atomic E-state index is 13.1. The van der Waals surface area contributed by atoms with Crippen molar-refractivity contribution in [2.45, 2.75) is 32.6 Å². The molecular formula is C19H20ClFN2O2. The molecule has 0 heterocycles. The van der Waals surface area contributed by atoms with Gasteiger partial charge in [-0.25, -0.2) is 4.39 Å². The predicted octanol–water partition coefficient (Wildman–Crippen LogP) is 4.74. The standard InChI is InChI=1S/C19H20ClFN2O2/c1-19(2,3)12-4-6-13(7-5-12)22-17(24)11-18(25)23-14-8-9-16(21)15(20)10-14/h4-10H,11H2,1-3H3,(H,22,24)(H,23,25). The van der Waals surface area contributed by atoms with Crippen LogP contribution in [0.25, 0.3) is 0 Å². The first-order valence-electron chi connectivity index (χ1n) is 7.80. The molecule has 6 heteroatoms. The number of amides is 2. The second kappa shape index (κ2) is 7.66. The first kappa shape index (κ1) is 18.9. The van der Waals surface area contributed by atoms with Crippen LogP contribution in [0.3, 0.4) is 0 Å². The lowest BCUT2D eigenvalue weighted by atomic mass is 9.87. The molecule has 2 aromatic carbocycles. The van der Waals surface area contributed by atoms with Crippen LogP contribution in [0.5, 0.6) is 0 Å². The lowest BCUT2D eigenvalue weighted by Crippen LogP contribution is -2.21. The Morgan fingerprint density at radius 2 is 1.48 bits per heavy atom. The molecule has 132 valence electrons. The summed E-state index contributed by atoms with van der Waals surface area (Å²) in [4.78, 5) is 23.8. The fourth-order valence-corrected chi connectivity index (χ4v) is 2.36. The summed E-state index contributed by atoms with van der Waals surface area (Å²) in [6.45, 7) is 6.31. The predicted molar refractivity (Wildman–Crippen MR) is 98.4 cm³/mol. The normalized spacial score (nSPS) is 11.1. The molecule has 2 N–H and O–H groups in total. The minimum atomic E-state index is -0.573. The monoisotopic (exact) mass is 362 g/mol. The molecule has 0 atom stereocenters. The van der Waals surface area contributed by atoms with Crippen LogP contribution in [-0.2, 0) is 15.0 Å². The van der Waals surface area contributed by atoms with E-state index in [9.17, 15) is 14.0 Å². The van der Waals surface area contributed by atoms with Gasteiger partial charge in [0.25, 0.3) is 0 Å². The van der Waals surface area contributed by atoms with Gasteiger partial charge in [0.15, 0.2) is 0 Å². The summed E-state index contributed by atoms with van der Waals surface area (Å²) in [5.41, 5.74) is 2.13. The molecule has 0 aliphatic carbocycles. The van der Waals surface area contributed by atoms with Crippen LogP contribution in [-0.4, -0.2) is 11.8 Å². The minimum Gasteiger partial charge on any atom is -0.326 e. The molecule has 25 heavy (non-hydrogen) atoms. The Balaban J connectivity index is 1.91. The van der Waals surface area contributed by atoms with Crippen molar-refractivity contribution in [2.75, 3.05) is 10.6 Å². The number of carbonyl (C=O) groups is 2. The maximum absolute atomic E-state index is 13.1. The van der Waals surface area contributed by atoms with Crippen molar-refractivity contribution in [3.8, 4) is 0 Å². The molecule has 2 amide bonds. The Bertz CT molecular complexity index is 783. The molecule has 0 saturated carbocycles. The van der Waals surface area contributed by atoms with Gasteiger partial charge in [0, 0.05) is 11.4 Å². The van der Waals surface area contributed by atoms with E-state index < -0.39 is 17.6 Å². The second-order valence-corrected chi connectivity index (χ2v) is 7.14. The van der Waals surface area contributed by atoms with Crippen molar-refractivity contribution in [1.82, 2.24) is 0 Å². The molecule has 0 unspecified atom stereocenters. The molecule has 0 saturated heterocycles. The van der Waals surface area contributed by atoms with Crippen LogP contribution in [0.4, 0.5) is 15.8 Å². The first-order chi connectivity index (χ1) is 11.6. The van der Waals surface area contributed by atoms with Crippen LogP contribution >= 0.6 is 11.6 Å². The van der Waals surface area contributed by atoms with E-state index in [0.29, 0.717) is 11.4 Å². The van der Waals surface area contributed by atoms with Crippen molar-refractivity contribution in [3.63, 3.8) is 0 Å². The molecule has 0 spiro atoms. The highest BCUT2D eigenvalue weighted by atomic mass is 35.5. The van der Waals surface area contributed by atoms with E-state index in [1.54, 1.807) is 12.1 Å². The largest absolute Gasteiger partial charge is 0.326 e. The number of benzene rings is 2. The van der Waals surface area contributed by atoms with E-state index in [4.69, 9.17) is 11.6 Å². The molecule has 0 aliphatic rings. The average molecular weight is 363 g/mol. The Labute approximate surface area is 151 Å². The van der Waals surface area contributed by atoms with Gasteiger partial charge in [0.1, 0.15) is 12.2 Å². The lowest BCUT2D eigenvalue weighted by molar-refractivity contribution is -0.123. The van der Waals surface area contributed by atoms with Gasteiger partial charge in [-0.1, -0.05) is 44.5 Å². The Morgan fingerprint density at radius 3 is 2.00 bits per heavy atom. The van der Waals surface area contributed by atoms with Crippen molar-refractivity contribution in [1.29, 1.82) is 0 Å². The zero-order chi connectivity index (χ0) is 18.6. The van der Waals surface area contributed by atoms with Gasteiger partial charge in [-0.15, -0.1) is 0 Å². The van der Waals surface area contributed by atoms with Gasteiger partial charge >= 0.3 is 0 Å². The van der Waals surface area contributed by atoms with Gasteiger partial charge in [-0.05, 0) is 41.3 Å².